The van der Waals surface area contributed by atoms with Gasteiger partial charge < -0.3 is 20.7 Å². The number of nitrogens with one attached hydrogen (secondary N) is 1. The minimum Gasteiger partial charge on any atom is -0.381 e. The molecule has 1 amide bonds. The van der Waals surface area contributed by atoms with E-state index >= 15 is 0 Å². The zero-order valence-electron chi connectivity index (χ0n) is 15.6. The molecule has 0 saturated carbocycles. The van der Waals surface area contributed by atoms with Gasteiger partial charge in [-0.15, -0.1) is 0 Å². The number of hydrogen-bond acceptors (Lipinski definition) is 5. The molecule has 0 spiro atoms. The van der Waals surface area contributed by atoms with E-state index in [0.717, 1.165) is 57.3 Å². The Morgan fingerprint density at radius 2 is 2.00 bits per heavy atom. The highest BCUT2D eigenvalue weighted by Gasteiger charge is 2.24. The molecule has 26 heavy (non-hydrogen) atoms. The maximum absolute atomic E-state index is 12.2. The molecule has 144 valence electrons. The predicted octanol–water partition coefficient (Wildman–Crippen LogP) is 1.21. The fourth-order valence-electron chi connectivity index (χ4n) is 3.88. The van der Waals surface area contributed by atoms with Crippen molar-refractivity contribution in [2.75, 3.05) is 39.4 Å². The van der Waals surface area contributed by atoms with E-state index in [0.29, 0.717) is 12.3 Å². The van der Waals surface area contributed by atoms with E-state index in [-0.39, 0.29) is 5.91 Å². The topological polar surface area (TPSA) is 80.5 Å². The Bertz CT molecular complexity index is 540. The normalized spacial score (nSPS) is 21.4. The molecule has 1 aromatic heterocycles. The number of nitrogens with zero attached hydrogens (tertiary/aromatic N) is 2. The van der Waals surface area contributed by atoms with Crippen LogP contribution in [0.5, 0.6) is 0 Å². The third-order valence-corrected chi connectivity index (χ3v) is 5.62. The van der Waals surface area contributed by atoms with Gasteiger partial charge in [-0.25, -0.2) is 0 Å². The average Bonchev–Trinajstić information content (AvgIpc) is 2.69. The lowest BCUT2D eigenvalue weighted by Crippen LogP contribution is -2.46. The highest BCUT2D eigenvalue weighted by Crippen LogP contribution is 2.21. The van der Waals surface area contributed by atoms with Gasteiger partial charge in [0.25, 0.3) is 0 Å². The Labute approximate surface area is 156 Å². The summed E-state index contributed by atoms with van der Waals surface area (Å²) in [5.41, 5.74) is 6.88. The van der Waals surface area contributed by atoms with Crippen LogP contribution in [0.2, 0.25) is 0 Å². The van der Waals surface area contributed by atoms with Crippen molar-refractivity contribution in [1.82, 2.24) is 15.2 Å². The van der Waals surface area contributed by atoms with Crippen LogP contribution in [0.4, 0.5) is 0 Å². The standard InChI is InChI=1S/C20H32N4O2/c21-19(13-18-3-1-2-8-22-18)20(25)23-14-16-4-9-24(10-5-16)15-17-6-11-26-12-7-17/h1-3,8,16-17,19H,4-7,9-15,21H2,(H,23,25)/t19-/m1/s1. The summed E-state index contributed by atoms with van der Waals surface area (Å²) in [4.78, 5) is 19.0. The quantitative estimate of drug-likeness (QED) is 0.764. The summed E-state index contributed by atoms with van der Waals surface area (Å²) in [6.45, 7) is 6.06. The van der Waals surface area contributed by atoms with Gasteiger partial charge in [0, 0.05) is 44.6 Å². The second kappa shape index (κ2) is 10.00. The zero-order valence-corrected chi connectivity index (χ0v) is 15.6. The third-order valence-electron chi connectivity index (χ3n) is 5.62. The van der Waals surface area contributed by atoms with Gasteiger partial charge in [-0.2, -0.15) is 0 Å². The minimum absolute atomic E-state index is 0.0692. The zero-order chi connectivity index (χ0) is 18.2. The summed E-state index contributed by atoms with van der Waals surface area (Å²) in [5.74, 6) is 1.29. The summed E-state index contributed by atoms with van der Waals surface area (Å²) in [6, 6.07) is 5.16. The molecule has 6 nitrogen and oxygen atoms in total. The van der Waals surface area contributed by atoms with Crippen LogP contribution in [0.25, 0.3) is 0 Å². The molecule has 2 fully saturated rings. The second-order valence-corrected chi connectivity index (χ2v) is 7.68. The summed E-state index contributed by atoms with van der Waals surface area (Å²) < 4.78 is 5.44. The maximum atomic E-state index is 12.2. The number of hydrogen-bond donors (Lipinski definition) is 2. The van der Waals surface area contributed by atoms with Gasteiger partial charge in [0.15, 0.2) is 0 Å². The van der Waals surface area contributed by atoms with Crippen molar-refractivity contribution in [3.8, 4) is 0 Å². The largest absolute Gasteiger partial charge is 0.381 e. The molecule has 0 aromatic carbocycles. The van der Waals surface area contributed by atoms with Crippen LogP contribution in [-0.2, 0) is 16.0 Å². The van der Waals surface area contributed by atoms with Crippen LogP contribution in [0.15, 0.2) is 24.4 Å². The van der Waals surface area contributed by atoms with Gasteiger partial charge in [0.05, 0.1) is 6.04 Å². The molecule has 0 aliphatic carbocycles. The van der Waals surface area contributed by atoms with Crippen molar-refractivity contribution < 1.29 is 9.53 Å². The van der Waals surface area contributed by atoms with Crippen molar-refractivity contribution in [2.45, 2.75) is 38.1 Å². The minimum atomic E-state index is -0.529. The Balaban J connectivity index is 1.32. The van der Waals surface area contributed by atoms with Crippen LogP contribution in [0.3, 0.4) is 0 Å². The Hall–Kier alpha value is -1.50. The molecule has 3 heterocycles. The highest BCUT2D eigenvalue weighted by atomic mass is 16.5. The molecular formula is C20H32N4O2. The smallest absolute Gasteiger partial charge is 0.237 e. The molecule has 0 radical (unpaired) electrons. The van der Waals surface area contributed by atoms with E-state index in [1.807, 2.05) is 18.2 Å². The molecule has 2 saturated heterocycles. The van der Waals surface area contributed by atoms with Crippen LogP contribution < -0.4 is 11.1 Å². The summed E-state index contributed by atoms with van der Waals surface area (Å²) in [5, 5.41) is 3.04. The monoisotopic (exact) mass is 360 g/mol. The lowest BCUT2D eigenvalue weighted by molar-refractivity contribution is -0.122. The first-order chi connectivity index (χ1) is 12.7. The van der Waals surface area contributed by atoms with Gasteiger partial charge in [0.1, 0.15) is 0 Å². The van der Waals surface area contributed by atoms with Crippen LogP contribution in [0.1, 0.15) is 31.4 Å². The van der Waals surface area contributed by atoms with Crippen molar-refractivity contribution in [2.24, 2.45) is 17.6 Å². The van der Waals surface area contributed by atoms with E-state index in [9.17, 15) is 4.79 Å². The van der Waals surface area contributed by atoms with E-state index < -0.39 is 6.04 Å². The van der Waals surface area contributed by atoms with Crippen LogP contribution in [0, 0.1) is 11.8 Å². The number of pyridine rings is 1. The molecule has 1 aromatic rings. The van der Waals surface area contributed by atoms with Crippen molar-refractivity contribution in [1.29, 1.82) is 0 Å². The number of carbonyl (C=O) groups excluding carboxylic acids is 1. The number of nitrogens with two attached hydrogens (primary N) is 1. The van der Waals surface area contributed by atoms with Crippen LogP contribution in [-0.4, -0.2) is 61.2 Å². The summed E-state index contributed by atoms with van der Waals surface area (Å²) in [7, 11) is 0. The number of ether oxygens (including phenoxy) is 1. The first-order valence-electron chi connectivity index (χ1n) is 9.94. The van der Waals surface area contributed by atoms with Gasteiger partial charge in [-0.1, -0.05) is 6.07 Å². The van der Waals surface area contributed by atoms with Gasteiger partial charge in [0.2, 0.25) is 5.91 Å². The van der Waals surface area contributed by atoms with E-state index in [1.54, 1.807) is 6.20 Å². The number of piperidine rings is 1. The highest BCUT2D eigenvalue weighted by molar-refractivity contribution is 5.81. The van der Waals surface area contributed by atoms with Gasteiger partial charge in [-0.05, 0) is 62.7 Å². The molecule has 0 bridgehead atoms. The maximum Gasteiger partial charge on any atom is 0.237 e. The number of likely N-dealkylation sites (tertiary alicyclic amines) is 1. The third kappa shape index (κ3) is 6.04. The molecule has 0 unspecified atom stereocenters. The summed E-state index contributed by atoms with van der Waals surface area (Å²) >= 11 is 0. The lowest BCUT2D eigenvalue weighted by atomic mass is 9.94. The van der Waals surface area contributed by atoms with E-state index in [4.69, 9.17) is 10.5 Å². The first kappa shape index (κ1) is 19.3. The van der Waals surface area contributed by atoms with Crippen LogP contribution >= 0.6 is 0 Å². The number of amides is 1. The first-order valence-corrected chi connectivity index (χ1v) is 9.94. The SMILES string of the molecule is N[C@H](Cc1ccccn1)C(=O)NCC1CCN(CC2CCOCC2)CC1. The van der Waals surface area contributed by atoms with Gasteiger partial charge >= 0.3 is 0 Å². The Morgan fingerprint density at radius 1 is 1.23 bits per heavy atom. The van der Waals surface area contributed by atoms with Crippen molar-refractivity contribution >= 4 is 5.91 Å². The molecule has 6 heteroatoms. The average molecular weight is 361 g/mol. The molecular weight excluding hydrogens is 328 g/mol. The van der Waals surface area contributed by atoms with Crippen molar-refractivity contribution in [3.05, 3.63) is 30.1 Å². The molecule has 1 atom stereocenters. The second-order valence-electron chi connectivity index (χ2n) is 7.68. The Morgan fingerprint density at radius 3 is 2.69 bits per heavy atom. The number of aromatic nitrogens is 1. The van der Waals surface area contributed by atoms with Gasteiger partial charge in [-0.3, -0.25) is 9.78 Å². The Kier molecular flexibility index (Phi) is 7.41. The fourth-order valence-corrected chi connectivity index (χ4v) is 3.88. The molecule has 2 aliphatic heterocycles. The van der Waals surface area contributed by atoms with Crippen molar-refractivity contribution in [3.63, 3.8) is 0 Å². The van der Waals surface area contributed by atoms with E-state index in [1.165, 1.54) is 19.4 Å². The lowest BCUT2D eigenvalue weighted by Gasteiger charge is -2.35. The predicted molar refractivity (Wildman–Crippen MR) is 102 cm³/mol. The number of carbonyl (C=O) groups is 1. The molecule has 3 N–H and O–H groups in total. The summed E-state index contributed by atoms with van der Waals surface area (Å²) in [6.07, 6.45) is 6.91. The molecule has 2 aliphatic rings. The fraction of sp³-hybridized carbons (Fsp3) is 0.700. The van der Waals surface area contributed by atoms with E-state index in [2.05, 4.69) is 15.2 Å². The molecule has 3 rings (SSSR count). The number of rotatable bonds is 7.